The standard InChI is InChI=1S/C17H22N4O4/c22-15(21-13-3-1-2-8-18-16(13)23)10-25-17(24)11-4-7-14(19-9-11)20-12-5-6-12/h4,7,9,12-13H,1-3,5-6,8,10H2,(H,18,23)(H,19,20)(H,21,22)/t13-/m1/s1. The number of carbonyl (C=O) groups excluding carboxylic acids is 3. The Morgan fingerprint density at radius 3 is 2.80 bits per heavy atom. The van der Waals surface area contributed by atoms with Gasteiger partial charge in [0.15, 0.2) is 6.61 Å². The summed E-state index contributed by atoms with van der Waals surface area (Å²) in [5, 5.41) is 8.56. The van der Waals surface area contributed by atoms with E-state index in [9.17, 15) is 14.4 Å². The number of esters is 1. The maximum atomic E-state index is 12.0. The molecule has 0 aromatic carbocycles. The van der Waals surface area contributed by atoms with Gasteiger partial charge in [0, 0.05) is 18.8 Å². The van der Waals surface area contributed by atoms with E-state index in [0.717, 1.165) is 31.5 Å². The minimum Gasteiger partial charge on any atom is -0.452 e. The molecule has 2 fully saturated rings. The van der Waals surface area contributed by atoms with E-state index in [1.165, 1.54) is 6.20 Å². The van der Waals surface area contributed by atoms with Gasteiger partial charge in [-0.1, -0.05) is 0 Å². The van der Waals surface area contributed by atoms with Crippen molar-refractivity contribution in [2.24, 2.45) is 0 Å². The van der Waals surface area contributed by atoms with Crippen LogP contribution < -0.4 is 16.0 Å². The lowest BCUT2D eigenvalue weighted by atomic mass is 10.1. The van der Waals surface area contributed by atoms with Gasteiger partial charge in [-0.05, 0) is 44.2 Å². The fraction of sp³-hybridized carbons (Fsp3) is 0.529. The maximum absolute atomic E-state index is 12.0. The van der Waals surface area contributed by atoms with Crippen LogP contribution in [-0.2, 0) is 14.3 Å². The second-order valence-corrected chi connectivity index (χ2v) is 6.33. The first-order valence-corrected chi connectivity index (χ1v) is 8.58. The molecular weight excluding hydrogens is 324 g/mol. The summed E-state index contributed by atoms with van der Waals surface area (Å²) in [7, 11) is 0. The van der Waals surface area contributed by atoms with Crippen LogP contribution in [0.1, 0.15) is 42.5 Å². The first-order valence-electron chi connectivity index (χ1n) is 8.58. The lowest BCUT2D eigenvalue weighted by molar-refractivity contribution is -0.130. The molecule has 1 atom stereocenters. The average Bonchev–Trinajstić information content (AvgIpc) is 3.43. The summed E-state index contributed by atoms with van der Waals surface area (Å²) in [5.41, 5.74) is 0.279. The molecule has 0 spiro atoms. The van der Waals surface area contributed by atoms with Gasteiger partial charge in [-0.25, -0.2) is 9.78 Å². The number of hydrogen-bond donors (Lipinski definition) is 3. The fourth-order valence-corrected chi connectivity index (χ4v) is 2.56. The van der Waals surface area contributed by atoms with Crippen LogP contribution in [0.5, 0.6) is 0 Å². The van der Waals surface area contributed by atoms with Gasteiger partial charge in [-0.3, -0.25) is 9.59 Å². The van der Waals surface area contributed by atoms with E-state index in [2.05, 4.69) is 20.9 Å². The molecule has 1 saturated carbocycles. The number of rotatable bonds is 6. The summed E-state index contributed by atoms with van der Waals surface area (Å²) < 4.78 is 4.99. The van der Waals surface area contributed by atoms with Crippen LogP contribution in [0.2, 0.25) is 0 Å². The zero-order valence-corrected chi connectivity index (χ0v) is 13.9. The third kappa shape index (κ3) is 5.17. The molecule has 2 aliphatic rings. The van der Waals surface area contributed by atoms with Gasteiger partial charge in [0.2, 0.25) is 5.91 Å². The molecule has 2 amide bonds. The van der Waals surface area contributed by atoms with Crippen molar-refractivity contribution >= 4 is 23.6 Å². The number of anilines is 1. The average molecular weight is 346 g/mol. The van der Waals surface area contributed by atoms with Crippen molar-refractivity contribution in [1.29, 1.82) is 0 Å². The predicted octanol–water partition coefficient (Wildman–Crippen LogP) is 0.598. The molecule has 1 aromatic heterocycles. The van der Waals surface area contributed by atoms with Crippen molar-refractivity contribution in [1.82, 2.24) is 15.6 Å². The third-order valence-electron chi connectivity index (χ3n) is 4.13. The van der Waals surface area contributed by atoms with E-state index in [4.69, 9.17) is 4.74 Å². The summed E-state index contributed by atoms with van der Waals surface area (Å²) in [4.78, 5) is 39.8. The highest BCUT2D eigenvalue weighted by Gasteiger charge is 2.23. The Bertz CT molecular complexity index is 643. The summed E-state index contributed by atoms with van der Waals surface area (Å²) in [6, 6.07) is 3.24. The zero-order valence-electron chi connectivity index (χ0n) is 13.9. The first-order chi connectivity index (χ1) is 12.1. The van der Waals surface area contributed by atoms with E-state index in [0.29, 0.717) is 19.0 Å². The molecule has 8 nitrogen and oxygen atoms in total. The van der Waals surface area contributed by atoms with Crippen LogP contribution in [0, 0.1) is 0 Å². The first kappa shape index (κ1) is 17.2. The van der Waals surface area contributed by atoms with Crippen molar-refractivity contribution in [3.63, 3.8) is 0 Å². The lowest BCUT2D eigenvalue weighted by Crippen LogP contribution is -2.46. The Morgan fingerprint density at radius 1 is 1.24 bits per heavy atom. The van der Waals surface area contributed by atoms with E-state index in [1.807, 2.05) is 0 Å². The molecule has 1 aromatic rings. The SMILES string of the molecule is O=C(COC(=O)c1ccc(NC2CC2)nc1)N[C@@H]1CCCCNC1=O. The third-order valence-corrected chi connectivity index (χ3v) is 4.13. The Kier molecular flexibility index (Phi) is 5.47. The summed E-state index contributed by atoms with van der Waals surface area (Å²) in [6.07, 6.45) is 6.04. The number of ether oxygens (including phenoxy) is 1. The van der Waals surface area contributed by atoms with E-state index in [1.54, 1.807) is 12.1 Å². The molecule has 0 bridgehead atoms. The molecule has 1 aliphatic carbocycles. The molecule has 134 valence electrons. The maximum Gasteiger partial charge on any atom is 0.340 e. The molecule has 1 saturated heterocycles. The normalized spacial score (nSPS) is 20.2. The highest BCUT2D eigenvalue weighted by molar-refractivity contribution is 5.92. The summed E-state index contributed by atoms with van der Waals surface area (Å²) in [5.74, 6) is -0.586. The van der Waals surface area contributed by atoms with Crippen LogP contribution in [0.15, 0.2) is 18.3 Å². The van der Waals surface area contributed by atoms with Crippen molar-refractivity contribution in [2.45, 2.75) is 44.2 Å². The van der Waals surface area contributed by atoms with E-state index >= 15 is 0 Å². The molecule has 1 aliphatic heterocycles. The van der Waals surface area contributed by atoms with Crippen LogP contribution in [0.25, 0.3) is 0 Å². The Balaban J connectivity index is 1.44. The molecule has 3 N–H and O–H groups in total. The summed E-state index contributed by atoms with van der Waals surface area (Å²) >= 11 is 0. The largest absolute Gasteiger partial charge is 0.452 e. The monoisotopic (exact) mass is 346 g/mol. The van der Waals surface area contributed by atoms with Crippen LogP contribution in [-0.4, -0.2) is 48.0 Å². The highest BCUT2D eigenvalue weighted by atomic mass is 16.5. The molecule has 8 heteroatoms. The number of nitrogens with one attached hydrogen (secondary N) is 3. The van der Waals surface area contributed by atoms with Gasteiger partial charge in [-0.2, -0.15) is 0 Å². The van der Waals surface area contributed by atoms with E-state index < -0.39 is 24.5 Å². The minimum absolute atomic E-state index is 0.194. The molecule has 0 unspecified atom stereocenters. The van der Waals surface area contributed by atoms with Crippen molar-refractivity contribution in [3.05, 3.63) is 23.9 Å². The quantitative estimate of drug-likeness (QED) is 0.651. The number of hydrogen-bond acceptors (Lipinski definition) is 6. The van der Waals surface area contributed by atoms with Gasteiger partial charge < -0.3 is 20.7 Å². The van der Waals surface area contributed by atoms with Crippen molar-refractivity contribution in [3.8, 4) is 0 Å². The molecule has 3 rings (SSSR count). The number of pyridine rings is 1. The molecular formula is C17H22N4O4. The molecule has 2 heterocycles. The molecule has 25 heavy (non-hydrogen) atoms. The smallest absolute Gasteiger partial charge is 0.340 e. The van der Waals surface area contributed by atoms with Crippen molar-refractivity contribution in [2.75, 3.05) is 18.5 Å². The molecule has 0 radical (unpaired) electrons. The van der Waals surface area contributed by atoms with E-state index in [-0.39, 0.29) is 11.5 Å². The number of amides is 2. The number of nitrogens with zero attached hydrogens (tertiary/aromatic N) is 1. The van der Waals surface area contributed by atoms with Gasteiger partial charge >= 0.3 is 5.97 Å². The Labute approximate surface area is 145 Å². The highest BCUT2D eigenvalue weighted by Crippen LogP contribution is 2.23. The Morgan fingerprint density at radius 2 is 2.08 bits per heavy atom. The summed E-state index contributed by atoms with van der Waals surface area (Å²) in [6.45, 7) is 0.198. The fourth-order valence-electron chi connectivity index (χ4n) is 2.56. The van der Waals surface area contributed by atoms with Crippen LogP contribution in [0.4, 0.5) is 5.82 Å². The van der Waals surface area contributed by atoms with Gasteiger partial charge in [-0.15, -0.1) is 0 Å². The Hall–Kier alpha value is -2.64. The lowest BCUT2D eigenvalue weighted by Gasteiger charge is -2.15. The zero-order chi connectivity index (χ0) is 17.6. The van der Waals surface area contributed by atoms with Gasteiger partial charge in [0.05, 0.1) is 5.56 Å². The second-order valence-electron chi connectivity index (χ2n) is 6.33. The van der Waals surface area contributed by atoms with Crippen molar-refractivity contribution < 1.29 is 19.1 Å². The minimum atomic E-state index is -0.620. The number of aromatic nitrogens is 1. The number of carbonyl (C=O) groups is 3. The van der Waals surface area contributed by atoms with Crippen LogP contribution >= 0.6 is 0 Å². The second kappa shape index (κ2) is 7.96. The predicted molar refractivity (Wildman–Crippen MR) is 90.0 cm³/mol. The van der Waals surface area contributed by atoms with Crippen LogP contribution in [0.3, 0.4) is 0 Å². The van der Waals surface area contributed by atoms with Gasteiger partial charge in [0.1, 0.15) is 11.9 Å². The van der Waals surface area contributed by atoms with Gasteiger partial charge in [0.25, 0.3) is 5.91 Å². The topological polar surface area (TPSA) is 109 Å².